The quantitative estimate of drug-likeness (QED) is 0.235. The second-order valence-corrected chi connectivity index (χ2v) is 6.70. The van der Waals surface area contributed by atoms with E-state index in [4.69, 9.17) is 5.11 Å². The molecule has 0 radical (unpaired) electrons. The van der Waals surface area contributed by atoms with Gasteiger partial charge in [-0.3, -0.25) is 24.5 Å². The zero-order valence-electron chi connectivity index (χ0n) is 15.7. The number of benzene rings is 2. The van der Waals surface area contributed by atoms with Crippen molar-refractivity contribution in [2.24, 2.45) is 0 Å². The summed E-state index contributed by atoms with van der Waals surface area (Å²) in [5, 5.41) is 30.6. The molecule has 0 aliphatic carbocycles. The SMILES string of the molecule is O=C(O)CCCN1C(=O)C(=O)/C(=C(\O)c2ccccc2)C1c1ccc([N+](=O)[O-])cc1. The number of aliphatic hydroxyl groups is 1. The first kappa shape index (κ1) is 20.7. The smallest absolute Gasteiger partial charge is 0.303 e. The Morgan fingerprint density at radius 1 is 1.03 bits per heavy atom. The number of carbonyl (C=O) groups excluding carboxylic acids is 2. The fraction of sp³-hybridized carbons (Fsp3) is 0.190. The molecule has 1 atom stereocenters. The number of non-ortho nitro benzene ring substituents is 1. The van der Waals surface area contributed by atoms with E-state index in [1.165, 1.54) is 29.2 Å². The highest BCUT2D eigenvalue weighted by Gasteiger charge is 2.45. The van der Waals surface area contributed by atoms with Crippen LogP contribution >= 0.6 is 0 Å². The van der Waals surface area contributed by atoms with E-state index in [-0.39, 0.29) is 36.4 Å². The predicted octanol–water partition coefficient (Wildman–Crippen LogP) is 2.88. The van der Waals surface area contributed by atoms with Crippen molar-refractivity contribution in [3.05, 3.63) is 81.4 Å². The number of hydrogen-bond acceptors (Lipinski definition) is 6. The molecule has 1 heterocycles. The molecule has 1 aliphatic rings. The van der Waals surface area contributed by atoms with Gasteiger partial charge in [-0.15, -0.1) is 0 Å². The molecule has 1 amide bonds. The third-order valence-corrected chi connectivity index (χ3v) is 4.80. The highest BCUT2D eigenvalue weighted by Crippen LogP contribution is 2.39. The van der Waals surface area contributed by atoms with Gasteiger partial charge in [0.2, 0.25) is 0 Å². The molecular formula is C21H18N2O7. The van der Waals surface area contributed by atoms with Gasteiger partial charge in [0, 0.05) is 30.7 Å². The fourth-order valence-corrected chi connectivity index (χ4v) is 3.39. The van der Waals surface area contributed by atoms with E-state index in [1.807, 2.05) is 0 Å². The molecule has 3 rings (SSSR count). The lowest BCUT2D eigenvalue weighted by Crippen LogP contribution is -2.31. The maximum Gasteiger partial charge on any atom is 0.303 e. The van der Waals surface area contributed by atoms with Gasteiger partial charge in [-0.1, -0.05) is 30.3 Å². The number of Topliss-reactive ketones (excluding diaryl/α,β-unsaturated/α-hetero) is 1. The Balaban J connectivity index is 2.09. The Labute approximate surface area is 171 Å². The van der Waals surface area contributed by atoms with Crippen LogP contribution in [-0.2, 0) is 14.4 Å². The number of carboxylic acids is 1. The Morgan fingerprint density at radius 2 is 1.67 bits per heavy atom. The molecule has 9 nitrogen and oxygen atoms in total. The molecule has 0 bridgehead atoms. The summed E-state index contributed by atoms with van der Waals surface area (Å²) >= 11 is 0. The molecule has 1 unspecified atom stereocenters. The molecule has 2 N–H and O–H groups in total. The zero-order chi connectivity index (χ0) is 21.8. The lowest BCUT2D eigenvalue weighted by molar-refractivity contribution is -0.384. The van der Waals surface area contributed by atoms with Crippen LogP contribution in [0.4, 0.5) is 5.69 Å². The summed E-state index contributed by atoms with van der Waals surface area (Å²) in [5.74, 6) is -3.16. The standard InChI is InChI=1S/C21H18N2O7/c24-16(25)7-4-12-22-18(13-8-10-15(11-9-13)23(29)30)17(20(27)21(22)28)19(26)14-5-2-1-3-6-14/h1-3,5-6,8-11,18,26H,4,7,12H2,(H,24,25)/b19-17-. The van der Waals surface area contributed by atoms with E-state index in [2.05, 4.69) is 0 Å². The van der Waals surface area contributed by atoms with Crippen LogP contribution in [0.25, 0.3) is 5.76 Å². The van der Waals surface area contributed by atoms with Crippen molar-refractivity contribution in [3.8, 4) is 0 Å². The summed E-state index contributed by atoms with van der Waals surface area (Å²) in [6.45, 7) is -0.0237. The van der Waals surface area contributed by atoms with Crippen LogP contribution in [0, 0.1) is 10.1 Å². The van der Waals surface area contributed by atoms with Crippen molar-refractivity contribution in [2.75, 3.05) is 6.54 Å². The van der Waals surface area contributed by atoms with Gasteiger partial charge in [0.25, 0.3) is 17.4 Å². The highest BCUT2D eigenvalue weighted by atomic mass is 16.6. The van der Waals surface area contributed by atoms with E-state index >= 15 is 0 Å². The Bertz CT molecular complexity index is 1030. The number of carbonyl (C=O) groups is 3. The van der Waals surface area contributed by atoms with Gasteiger partial charge in [0.05, 0.1) is 16.5 Å². The van der Waals surface area contributed by atoms with Crippen LogP contribution in [0.3, 0.4) is 0 Å². The summed E-state index contributed by atoms with van der Waals surface area (Å²) < 4.78 is 0. The molecule has 0 spiro atoms. The molecule has 154 valence electrons. The number of likely N-dealkylation sites (tertiary alicyclic amines) is 1. The van der Waals surface area contributed by atoms with Gasteiger partial charge in [-0.05, 0) is 24.1 Å². The van der Waals surface area contributed by atoms with Crippen molar-refractivity contribution in [1.82, 2.24) is 4.90 Å². The normalized spacial score (nSPS) is 17.9. The number of hydrogen-bond donors (Lipinski definition) is 2. The predicted molar refractivity (Wildman–Crippen MR) is 105 cm³/mol. The molecule has 1 saturated heterocycles. The Hall–Kier alpha value is -4.01. The summed E-state index contributed by atoms with van der Waals surface area (Å²) in [6, 6.07) is 12.6. The molecule has 0 aromatic heterocycles. The minimum absolute atomic E-state index is 0.0237. The minimum Gasteiger partial charge on any atom is -0.507 e. The molecule has 0 saturated carbocycles. The number of rotatable bonds is 7. The maximum atomic E-state index is 12.8. The zero-order valence-corrected chi connectivity index (χ0v) is 15.7. The molecular weight excluding hydrogens is 392 g/mol. The number of aliphatic carboxylic acids is 1. The first-order chi connectivity index (χ1) is 14.3. The number of amides is 1. The lowest BCUT2D eigenvalue weighted by Gasteiger charge is -2.25. The van der Waals surface area contributed by atoms with Crippen molar-refractivity contribution in [1.29, 1.82) is 0 Å². The Morgan fingerprint density at radius 3 is 2.23 bits per heavy atom. The topological polar surface area (TPSA) is 138 Å². The van der Waals surface area contributed by atoms with E-state index < -0.39 is 28.6 Å². The summed E-state index contributed by atoms with van der Waals surface area (Å²) in [4.78, 5) is 47.8. The first-order valence-electron chi connectivity index (χ1n) is 9.11. The molecule has 9 heteroatoms. The third kappa shape index (κ3) is 4.04. The second kappa shape index (κ2) is 8.56. The van der Waals surface area contributed by atoms with E-state index in [9.17, 15) is 29.6 Å². The number of nitrogens with zero attached hydrogens (tertiary/aromatic N) is 2. The van der Waals surface area contributed by atoms with Crippen molar-refractivity contribution in [2.45, 2.75) is 18.9 Å². The summed E-state index contributed by atoms with van der Waals surface area (Å²) in [5.41, 5.74) is 0.431. The number of ketones is 1. The van der Waals surface area contributed by atoms with E-state index in [0.717, 1.165) is 0 Å². The van der Waals surface area contributed by atoms with Gasteiger partial charge in [0.15, 0.2) is 0 Å². The minimum atomic E-state index is -1.04. The fourth-order valence-electron chi connectivity index (χ4n) is 3.39. The number of carboxylic acid groups (broad SMARTS) is 1. The van der Waals surface area contributed by atoms with Crippen molar-refractivity contribution < 1.29 is 29.5 Å². The number of aliphatic hydroxyl groups excluding tert-OH is 1. The van der Waals surface area contributed by atoms with Gasteiger partial charge in [-0.25, -0.2) is 0 Å². The molecule has 1 aliphatic heterocycles. The van der Waals surface area contributed by atoms with Gasteiger partial charge < -0.3 is 15.1 Å². The van der Waals surface area contributed by atoms with Crippen molar-refractivity contribution in [3.63, 3.8) is 0 Å². The monoisotopic (exact) mass is 410 g/mol. The van der Waals surface area contributed by atoms with Crippen LogP contribution in [0.1, 0.15) is 30.0 Å². The number of nitro benzene ring substituents is 1. The van der Waals surface area contributed by atoms with Crippen LogP contribution < -0.4 is 0 Å². The lowest BCUT2D eigenvalue weighted by atomic mass is 9.95. The first-order valence-corrected chi connectivity index (χ1v) is 9.11. The average Bonchev–Trinajstić information content (AvgIpc) is 2.98. The summed E-state index contributed by atoms with van der Waals surface area (Å²) in [6.07, 6.45) is -0.0914. The van der Waals surface area contributed by atoms with Gasteiger partial charge in [-0.2, -0.15) is 0 Å². The maximum absolute atomic E-state index is 12.8. The summed E-state index contributed by atoms with van der Waals surface area (Å²) in [7, 11) is 0. The van der Waals surface area contributed by atoms with Crippen molar-refractivity contribution >= 4 is 29.1 Å². The highest BCUT2D eigenvalue weighted by molar-refractivity contribution is 6.46. The van der Waals surface area contributed by atoms with Crippen LogP contribution in [0.15, 0.2) is 60.2 Å². The molecule has 2 aromatic rings. The van der Waals surface area contributed by atoms with E-state index in [1.54, 1.807) is 30.3 Å². The number of nitro groups is 1. The third-order valence-electron chi connectivity index (χ3n) is 4.80. The van der Waals surface area contributed by atoms with Crippen LogP contribution in [0.5, 0.6) is 0 Å². The second-order valence-electron chi connectivity index (χ2n) is 6.70. The van der Waals surface area contributed by atoms with Gasteiger partial charge in [0.1, 0.15) is 5.76 Å². The Kier molecular flexibility index (Phi) is 5.91. The molecule has 30 heavy (non-hydrogen) atoms. The largest absolute Gasteiger partial charge is 0.507 e. The average molecular weight is 410 g/mol. The van der Waals surface area contributed by atoms with E-state index in [0.29, 0.717) is 11.1 Å². The molecule has 2 aromatic carbocycles. The van der Waals surface area contributed by atoms with Crippen LogP contribution in [-0.4, -0.2) is 44.2 Å². The van der Waals surface area contributed by atoms with Gasteiger partial charge >= 0.3 is 5.97 Å². The molecule has 1 fully saturated rings. The van der Waals surface area contributed by atoms with Crippen LogP contribution in [0.2, 0.25) is 0 Å².